The lowest BCUT2D eigenvalue weighted by molar-refractivity contribution is -0.138. The molecule has 21 heavy (non-hydrogen) atoms. The van der Waals surface area contributed by atoms with Gasteiger partial charge in [0.1, 0.15) is 4.75 Å². The number of methoxy groups -OCH3 is 1. The molecular formula is C15H13NO3S2. The number of carbonyl (C=O) groups excluding carboxylic acids is 2. The summed E-state index contributed by atoms with van der Waals surface area (Å²) in [6.45, 7) is 0.680. The molecule has 0 N–H and O–H groups in total. The second kappa shape index (κ2) is 4.30. The average molecular weight is 319 g/mol. The molecule has 0 aromatic heterocycles. The Kier molecular flexibility index (Phi) is 2.72. The fourth-order valence-electron chi connectivity index (χ4n) is 3.20. The molecule has 0 aliphatic carbocycles. The second-order valence-electron chi connectivity index (χ2n) is 5.14. The molecule has 4 rings (SSSR count). The fraction of sp³-hybridized carbons (Fsp3) is 0.333. The van der Waals surface area contributed by atoms with Gasteiger partial charge in [-0.15, -0.1) is 11.8 Å². The molecule has 2 unspecified atom stereocenters. The van der Waals surface area contributed by atoms with Crippen LogP contribution < -0.4 is 0 Å². The highest BCUT2D eigenvalue weighted by Gasteiger charge is 2.70. The first-order valence-electron chi connectivity index (χ1n) is 6.67. The lowest BCUT2D eigenvalue weighted by Crippen LogP contribution is -2.46. The molecule has 2 atom stereocenters. The maximum absolute atomic E-state index is 12.9. The van der Waals surface area contributed by atoms with Crippen molar-refractivity contribution in [3.63, 3.8) is 0 Å². The van der Waals surface area contributed by atoms with Crippen molar-refractivity contribution in [2.24, 2.45) is 0 Å². The van der Waals surface area contributed by atoms with E-state index in [1.165, 1.54) is 7.11 Å². The van der Waals surface area contributed by atoms with E-state index in [1.54, 1.807) is 23.5 Å². The third-order valence-corrected chi connectivity index (χ3v) is 7.52. The Morgan fingerprint density at radius 1 is 1.33 bits per heavy atom. The van der Waals surface area contributed by atoms with Crippen molar-refractivity contribution in [2.75, 3.05) is 19.4 Å². The maximum atomic E-state index is 12.9. The molecular weight excluding hydrogens is 306 g/mol. The summed E-state index contributed by atoms with van der Waals surface area (Å²) in [5, 5.41) is 0. The van der Waals surface area contributed by atoms with Crippen molar-refractivity contribution < 1.29 is 14.3 Å². The van der Waals surface area contributed by atoms with E-state index in [4.69, 9.17) is 4.74 Å². The Hall–Kier alpha value is -1.40. The van der Waals surface area contributed by atoms with Gasteiger partial charge in [0, 0.05) is 12.3 Å². The molecule has 1 aromatic carbocycles. The molecule has 3 heterocycles. The number of rotatable bonds is 2. The molecule has 0 radical (unpaired) electrons. The predicted molar refractivity (Wildman–Crippen MR) is 82.7 cm³/mol. The third-order valence-electron chi connectivity index (χ3n) is 4.13. The highest BCUT2D eigenvalue weighted by atomic mass is 32.2. The Bertz CT molecular complexity index is 675. The van der Waals surface area contributed by atoms with Gasteiger partial charge in [0.2, 0.25) is 5.91 Å². The number of benzene rings is 1. The monoisotopic (exact) mass is 319 g/mol. The van der Waals surface area contributed by atoms with Crippen LogP contribution in [0.5, 0.6) is 0 Å². The van der Waals surface area contributed by atoms with Gasteiger partial charge in [-0.05, 0) is 11.6 Å². The minimum atomic E-state index is -0.780. The van der Waals surface area contributed by atoms with Gasteiger partial charge in [-0.2, -0.15) is 0 Å². The summed E-state index contributed by atoms with van der Waals surface area (Å²) in [6.07, 6.45) is 1.82. The van der Waals surface area contributed by atoms with Crippen molar-refractivity contribution in [2.45, 2.75) is 8.95 Å². The fourth-order valence-corrected chi connectivity index (χ4v) is 6.86. The first-order chi connectivity index (χ1) is 10.1. The molecule has 3 aliphatic heterocycles. The number of hydrogen-bond acceptors (Lipinski definition) is 5. The molecule has 108 valence electrons. The van der Waals surface area contributed by atoms with E-state index in [9.17, 15) is 9.59 Å². The standard InChI is InChI=1S/C15H13NO3S2/c1-19-12(17)11-9-14(10-5-3-2-4-6-10)13(18)16-7-8-20-15(11,16)21-14/h2-6,9H,7-8H2,1H3. The first kappa shape index (κ1) is 13.3. The summed E-state index contributed by atoms with van der Waals surface area (Å²) in [6, 6.07) is 9.66. The van der Waals surface area contributed by atoms with Gasteiger partial charge in [0.25, 0.3) is 0 Å². The highest BCUT2D eigenvalue weighted by molar-refractivity contribution is 8.20. The zero-order valence-electron chi connectivity index (χ0n) is 11.4. The Balaban J connectivity index is 1.92. The molecule has 1 spiro atoms. The van der Waals surface area contributed by atoms with Crippen molar-refractivity contribution in [1.29, 1.82) is 0 Å². The maximum Gasteiger partial charge on any atom is 0.337 e. The van der Waals surface area contributed by atoms with Crippen LogP contribution in [0.3, 0.4) is 0 Å². The lowest BCUT2D eigenvalue weighted by atomic mass is 9.91. The van der Waals surface area contributed by atoms with Crippen LogP contribution in [-0.4, -0.2) is 40.4 Å². The zero-order valence-corrected chi connectivity index (χ0v) is 13.0. The van der Waals surface area contributed by atoms with Gasteiger partial charge in [-0.25, -0.2) is 4.79 Å². The summed E-state index contributed by atoms with van der Waals surface area (Å²) in [5.74, 6) is 0.585. The summed E-state index contributed by atoms with van der Waals surface area (Å²) in [4.78, 5) is 26.9. The van der Waals surface area contributed by atoms with Crippen LogP contribution in [0.2, 0.25) is 0 Å². The average Bonchev–Trinajstić information content (AvgIpc) is 3.16. The van der Waals surface area contributed by atoms with E-state index in [2.05, 4.69) is 0 Å². The molecule has 2 fully saturated rings. The molecule has 4 nitrogen and oxygen atoms in total. The number of esters is 1. The molecule has 6 heteroatoms. The van der Waals surface area contributed by atoms with Crippen molar-refractivity contribution in [1.82, 2.24) is 4.90 Å². The number of ether oxygens (including phenoxy) is 1. The predicted octanol–water partition coefficient (Wildman–Crippen LogP) is 1.97. The first-order valence-corrected chi connectivity index (χ1v) is 8.48. The third kappa shape index (κ3) is 1.49. The number of fused-ring (bicyclic) bond motifs is 1. The normalized spacial score (nSPS) is 33.1. The van der Waals surface area contributed by atoms with E-state index in [1.807, 2.05) is 41.3 Å². The minimum Gasteiger partial charge on any atom is -0.466 e. The van der Waals surface area contributed by atoms with Crippen LogP contribution in [0, 0.1) is 0 Å². The molecule has 2 bridgehead atoms. The number of carbonyl (C=O) groups is 2. The Labute approximate surface area is 130 Å². The Morgan fingerprint density at radius 3 is 2.81 bits per heavy atom. The number of thioether (sulfide) groups is 2. The summed E-state index contributed by atoms with van der Waals surface area (Å²) in [5.41, 5.74) is 1.52. The van der Waals surface area contributed by atoms with Crippen LogP contribution in [0.15, 0.2) is 42.0 Å². The van der Waals surface area contributed by atoms with E-state index in [0.29, 0.717) is 12.1 Å². The molecule has 1 aromatic rings. The van der Waals surface area contributed by atoms with Gasteiger partial charge in [0.15, 0.2) is 4.20 Å². The van der Waals surface area contributed by atoms with Crippen molar-refractivity contribution in [3.8, 4) is 0 Å². The molecule has 2 saturated heterocycles. The van der Waals surface area contributed by atoms with Crippen LogP contribution in [0.1, 0.15) is 5.56 Å². The number of amides is 1. The van der Waals surface area contributed by atoms with E-state index in [0.717, 1.165) is 11.3 Å². The largest absolute Gasteiger partial charge is 0.466 e. The second-order valence-corrected chi connectivity index (χ2v) is 8.13. The van der Waals surface area contributed by atoms with Gasteiger partial charge in [-0.1, -0.05) is 42.1 Å². The van der Waals surface area contributed by atoms with Gasteiger partial charge < -0.3 is 9.64 Å². The van der Waals surface area contributed by atoms with Crippen LogP contribution in [-0.2, 0) is 19.1 Å². The van der Waals surface area contributed by atoms with Gasteiger partial charge >= 0.3 is 5.97 Å². The van der Waals surface area contributed by atoms with Gasteiger partial charge in [-0.3, -0.25) is 4.79 Å². The number of nitrogens with zero attached hydrogens (tertiary/aromatic N) is 1. The topological polar surface area (TPSA) is 46.6 Å². The zero-order chi connectivity index (χ0) is 14.7. The molecule has 0 saturated carbocycles. The number of hydrogen-bond donors (Lipinski definition) is 0. The van der Waals surface area contributed by atoms with Crippen molar-refractivity contribution >= 4 is 35.4 Å². The molecule has 3 aliphatic rings. The quantitative estimate of drug-likeness (QED) is 0.780. The van der Waals surface area contributed by atoms with Crippen LogP contribution in [0.4, 0.5) is 0 Å². The molecule has 1 amide bonds. The van der Waals surface area contributed by atoms with Crippen LogP contribution in [0.25, 0.3) is 0 Å². The summed E-state index contributed by atoms with van der Waals surface area (Å²) >= 11 is 3.21. The van der Waals surface area contributed by atoms with E-state index >= 15 is 0 Å². The van der Waals surface area contributed by atoms with Gasteiger partial charge in [0.05, 0.1) is 12.7 Å². The summed E-state index contributed by atoms with van der Waals surface area (Å²) in [7, 11) is 1.39. The minimum absolute atomic E-state index is 0.0800. The van der Waals surface area contributed by atoms with E-state index < -0.39 is 8.95 Å². The smallest absolute Gasteiger partial charge is 0.337 e. The highest BCUT2D eigenvalue weighted by Crippen LogP contribution is 2.69. The Morgan fingerprint density at radius 2 is 2.10 bits per heavy atom. The lowest BCUT2D eigenvalue weighted by Gasteiger charge is -2.31. The van der Waals surface area contributed by atoms with Crippen LogP contribution >= 0.6 is 23.5 Å². The summed E-state index contributed by atoms with van der Waals surface area (Å²) < 4.78 is 3.56. The SMILES string of the molecule is COC(=O)C1=CC2(c3ccccc3)SC13SCCN3C2=O. The van der Waals surface area contributed by atoms with E-state index in [-0.39, 0.29) is 11.9 Å². The van der Waals surface area contributed by atoms with Crippen molar-refractivity contribution in [3.05, 3.63) is 47.5 Å².